The predicted molar refractivity (Wildman–Crippen MR) is 106 cm³/mol. The van der Waals surface area contributed by atoms with Crippen LogP contribution in [0.5, 0.6) is 0 Å². The van der Waals surface area contributed by atoms with Crippen molar-refractivity contribution in [3.63, 3.8) is 0 Å². The first-order chi connectivity index (χ1) is 14.3. The summed E-state index contributed by atoms with van der Waals surface area (Å²) in [5, 5.41) is 0. The molecule has 0 heterocycles. The van der Waals surface area contributed by atoms with Gasteiger partial charge in [0.15, 0.2) is 5.78 Å². The Hall–Kier alpha value is -3.25. The van der Waals surface area contributed by atoms with E-state index >= 15 is 0 Å². The molecule has 0 spiro atoms. The van der Waals surface area contributed by atoms with Crippen LogP contribution in [0.1, 0.15) is 22.6 Å². The number of ether oxygens (including phenoxy) is 1. The molecule has 0 saturated heterocycles. The van der Waals surface area contributed by atoms with E-state index in [1.165, 1.54) is 24.3 Å². The molecular weight excluding hydrogens is 393 g/mol. The largest absolute Gasteiger partial charge is 0.453 e. The fourth-order valence-electron chi connectivity index (χ4n) is 3.56. The number of ketones is 2. The summed E-state index contributed by atoms with van der Waals surface area (Å²) in [5.41, 5.74) is -2.09. The predicted octanol–water partition coefficient (Wildman–Crippen LogP) is 5.06. The van der Waals surface area contributed by atoms with Crippen LogP contribution < -0.4 is 0 Å². The summed E-state index contributed by atoms with van der Waals surface area (Å²) in [6.45, 7) is 0. The van der Waals surface area contributed by atoms with E-state index in [0.29, 0.717) is 11.1 Å². The minimum absolute atomic E-state index is 0.170. The van der Waals surface area contributed by atoms with Gasteiger partial charge in [0.25, 0.3) is 5.78 Å². The molecule has 3 nitrogen and oxygen atoms in total. The maximum Gasteiger partial charge on any atom is 0.453 e. The van der Waals surface area contributed by atoms with Crippen molar-refractivity contribution in [2.45, 2.75) is 17.7 Å². The number of alkyl halides is 3. The van der Waals surface area contributed by atoms with Crippen LogP contribution in [-0.2, 0) is 19.9 Å². The lowest BCUT2D eigenvalue weighted by molar-refractivity contribution is -0.196. The number of Topliss-reactive ketones (excluding diaryl/α,β-unsaturated/α-hetero) is 2. The maximum atomic E-state index is 13.8. The van der Waals surface area contributed by atoms with E-state index in [9.17, 15) is 22.8 Å². The topological polar surface area (TPSA) is 43.4 Å². The van der Waals surface area contributed by atoms with Crippen molar-refractivity contribution >= 4 is 11.6 Å². The number of carbonyl (C=O) groups is 2. The second kappa shape index (κ2) is 8.63. The van der Waals surface area contributed by atoms with Crippen molar-refractivity contribution in [2.24, 2.45) is 0 Å². The summed E-state index contributed by atoms with van der Waals surface area (Å²) < 4.78 is 46.2. The van der Waals surface area contributed by atoms with Crippen molar-refractivity contribution in [3.05, 3.63) is 108 Å². The summed E-state index contributed by atoms with van der Waals surface area (Å²) in [5.74, 6) is -4.40. The molecule has 154 valence electrons. The Balaban J connectivity index is 2.28. The van der Waals surface area contributed by atoms with E-state index in [2.05, 4.69) is 0 Å². The van der Waals surface area contributed by atoms with Gasteiger partial charge in [-0.2, -0.15) is 13.2 Å². The third-order valence-electron chi connectivity index (χ3n) is 4.94. The molecule has 1 atom stereocenters. The molecule has 0 aliphatic carbocycles. The van der Waals surface area contributed by atoms with Crippen LogP contribution in [0.3, 0.4) is 0 Å². The van der Waals surface area contributed by atoms with Gasteiger partial charge in [0, 0.05) is 7.11 Å². The van der Waals surface area contributed by atoms with E-state index in [1.54, 1.807) is 66.7 Å². The van der Waals surface area contributed by atoms with Gasteiger partial charge in [-0.15, -0.1) is 0 Å². The van der Waals surface area contributed by atoms with Crippen molar-refractivity contribution in [1.82, 2.24) is 0 Å². The minimum atomic E-state index is -5.28. The maximum absolute atomic E-state index is 13.8. The lowest BCUT2D eigenvalue weighted by atomic mass is 9.74. The third-order valence-corrected chi connectivity index (χ3v) is 4.94. The zero-order valence-corrected chi connectivity index (χ0v) is 16.1. The molecule has 0 radical (unpaired) electrons. The summed E-state index contributed by atoms with van der Waals surface area (Å²) in [6, 6.07) is 23.8. The van der Waals surface area contributed by atoms with Crippen molar-refractivity contribution < 1.29 is 27.5 Å². The van der Waals surface area contributed by atoms with E-state index in [0.717, 1.165) is 7.11 Å². The molecule has 0 aliphatic heterocycles. The smallest absolute Gasteiger partial charge is 0.358 e. The number of hydrogen-bond acceptors (Lipinski definition) is 3. The average Bonchev–Trinajstić information content (AvgIpc) is 2.76. The molecular formula is C24H19F3O3. The lowest BCUT2D eigenvalue weighted by Gasteiger charge is -2.34. The standard InChI is InChI=1S/C24H19F3O3/c1-30-23(22(29)24(25,26)27,19-15-9-4-10-16-19)21(28)20(17-11-5-2-6-12-17)18-13-7-3-8-14-18/h2-16,20H,1H3. The number of benzene rings is 3. The van der Waals surface area contributed by atoms with Crippen molar-refractivity contribution in [2.75, 3.05) is 7.11 Å². The van der Waals surface area contributed by atoms with Crippen LogP contribution in [0, 0.1) is 0 Å². The van der Waals surface area contributed by atoms with E-state index in [4.69, 9.17) is 4.74 Å². The zero-order valence-electron chi connectivity index (χ0n) is 16.1. The Morgan fingerprint density at radius 3 is 1.50 bits per heavy atom. The van der Waals surface area contributed by atoms with Crippen LogP contribution >= 0.6 is 0 Å². The zero-order chi connectivity index (χ0) is 21.8. The highest BCUT2D eigenvalue weighted by molar-refractivity contribution is 6.16. The Bertz CT molecular complexity index is 963. The lowest BCUT2D eigenvalue weighted by Crippen LogP contribution is -2.53. The Kier molecular flexibility index (Phi) is 6.17. The first-order valence-corrected chi connectivity index (χ1v) is 9.19. The summed E-state index contributed by atoms with van der Waals surface area (Å²) in [6.07, 6.45) is -5.28. The Morgan fingerprint density at radius 2 is 1.13 bits per heavy atom. The van der Waals surface area contributed by atoms with Gasteiger partial charge in [0.2, 0.25) is 5.60 Å². The van der Waals surface area contributed by atoms with Gasteiger partial charge in [-0.25, -0.2) is 0 Å². The van der Waals surface area contributed by atoms with Crippen LogP contribution in [0.2, 0.25) is 0 Å². The molecule has 30 heavy (non-hydrogen) atoms. The molecule has 3 rings (SSSR count). The molecule has 0 bridgehead atoms. The van der Waals surface area contributed by atoms with Crippen LogP contribution in [0.15, 0.2) is 91.0 Å². The molecule has 0 aliphatic rings. The van der Waals surface area contributed by atoms with Gasteiger partial charge in [-0.05, 0) is 16.7 Å². The van der Waals surface area contributed by atoms with E-state index in [-0.39, 0.29) is 5.56 Å². The number of methoxy groups -OCH3 is 1. The second-order valence-electron chi connectivity index (χ2n) is 6.70. The Morgan fingerprint density at radius 1 is 0.733 bits per heavy atom. The molecule has 3 aromatic carbocycles. The normalized spacial score (nSPS) is 13.6. The average molecular weight is 412 g/mol. The van der Waals surface area contributed by atoms with Gasteiger partial charge in [-0.1, -0.05) is 91.0 Å². The van der Waals surface area contributed by atoms with E-state index in [1.807, 2.05) is 0 Å². The van der Waals surface area contributed by atoms with Crippen LogP contribution in [-0.4, -0.2) is 24.9 Å². The number of halogens is 3. The summed E-state index contributed by atoms with van der Waals surface area (Å²) in [4.78, 5) is 26.5. The quantitative estimate of drug-likeness (QED) is 0.510. The monoisotopic (exact) mass is 412 g/mol. The number of rotatable bonds is 7. The highest BCUT2D eigenvalue weighted by atomic mass is 19.4. The van der Waals surface area contributed by atoms with Gasteiger partial charge in [0.1, 0.15) is 0 Å². The van der Waals surface area contributed by atoms with Gasteiger partial charge in [0.05, 0.1) is 5.92 Å². The second-order valence-corrected chi connectivity index (χ2v) is 6.70. The number of carbonyl (C=O) groups excluding carboxylic acids is 2. The van der Waals surface area contributed by atoms with E-state index < -0.39 is 29.3 Å². The molecule has 1 unspecified atom stereocenters. The van der Waals surface area contributed by atoms with Crippen molar-refractivity contribution in [3.8, 4) is 0 Å². The van der Waals surface area contributed by atoms with Crippen LogP contribution in [0.4, 0.5) is 13.2 Å². The van der Waals surface area contributed by atoms with Crippen molar-refractivity contribution in [1.29, 1.82) is 0 Å². The Labute approximate surface area is 172 Å². The van der Waals surface area contributed by atoms with Gasteiger partial charge in [-0.3, -0.25) is 9.59 Å². The minimum Gasteiger partial charge on any atom is -0.358 e. The fourth-order valence-corrected chi connectivity index (χ4v) is 3.56. The highest BCUT2D eigenvalue weighted by Crippen LogP contribution is 2.41. The first-order valence-electron chi connectivity index (χ1n) is 9.19. The molecule has 0 aromatic heterocycles. The molecule has 6 heteroatoms. The molecule has 0 amide bonds. The summed E-state index contributed by atoms with van der Waals surface area (Å²) in [7, 11) is 0.946. The van der Waals surface area contributed by atoms with Gasteiger partial charge < -0.3 is 4.74 Å². The van der Waals surface area contributed by atoms with Gasteiger partial charge >= 0.3 is 6.18 Å². The van der Waals surface area contributed by atoms with Crippen LogP contribution in [0.25, 0.3) is 0 Å². The molecule has 3 aromatic rings. The first kappa shape index (κ1) is 21.5. The fraction of sp³-hybridized carbons (Fsp3) is 0.167. The highest BCUT2D eigenvalue weighted by Gasteiger charge is 2.60. The molecule has 0 fully saturated rings. The molecule has 0 saturated carbocycles. The summed E-state index contributed by atoms with van der Waals surface area (Å²) >= 11 is 0. The third kappa shape index (κ3) is 3.91. The molecule has 0 N–H and O–H groups in total. The SMILES string of the molecule is COC(C(=O)C(c1ccccc1)c1ccccc1)(C(=O)C(F)(F)F)c1ccccc1. The number of hydrogen-bond donors (Lipinski definition) is 0.